The summed E-state index contributed by atoms with van der Waals surface area (Å²) in [5.41, 5.74) is 0. The van der Waals surface area contributed by atoms with E-state index in [9.17, 15) is 18.0 Å². The van der Waals surface area contributed by atoms with E-state index in [-0.39, 0.29) is 11.5 Å². The van der Waals surface area contributed by atoms with Crippen LogP contribution in [0.2, 0.25) is 0 Å². The van der Waals surface area contributed by atoms with Crippen molar-refractivity contribution in [1.82, 2.24) is 10.2 Å². The monoisotopic (exact) mass is 332 g/mol. The Bertz CT molecular complexity index is 559. The molecule has 0 aromatic heterocycles. The molecule has 124 valence electrons. The second-order valence-corrected chi connectivity index (χ2v) is 8.20. The summed E-state index contributed by atoms with van der Waals surface area (Å²) in [4.78, 5) is 25.6. The SMILES string of the molecule is O=C(NC1CCS(=O)(=O)C1)C(=O)N1CCC2(CC1)OCCO2. The maximum atomic E-state index is 12.1. The summed E-state index contributed by atoms with van der Waals surface area (Å²) < 4.78 is 33.9. The number of ether oxygens (including phenoxy) is 2. The van der Waals surface area contributed by atoms with E-state index in [1.165, 1.54) is 4.90 Å². The Hall–Kier alpha value is -1.19. The Labute approximate surface area is 129 Å². The summed E-state index contributed by atoms with van der Waals surface area (Å²) in [6.07, 6.45) is 1.46. The minimum absolute atomic E-state index is 0.0625. The number of piperidine rings is 1. The summed E-state index contributed by atoms with van der Waals surface area (Å²) >= 11 is 0. The summed E-state index contributed by atoms with van der Waals surface area (Å²) in [6, 6.07) is -0.459. The Kier molecular flexibility index (Phi) is 4.13. The van der Waals surface area contributed by atoms with Crippen molar-refractivity contribution < 1.29 is 27.5 Å². The predicted octanol–water partition coefficient (Wildman–Crippen LogP) is -1.34. The van der Waals surface area contributed by atoms with Crippen LogP contribution in [0.4, 0.5) is 0 Å². The molecule has 0 radical (unpaired) electrons. The lowest BCUT2D eigenvalue weighted by atomic mass is 10.0. The van der Waals surface area contributed by atoms with Crippen molar-refractivity contribution >= 4 is 21.7 Å². The lowest BCUT2D eigenvalue weighted by Gasteiger charge is -2.37. The molecule has 1 unspecified atom stereocenters. The molecule has 3 aliphatic heterocycles. The average molecular weight is 332 g/mol. The van der Waals surface area contributed by atoms with Gasteiger partial charge in [-0.2, -0.15) is 0 Å². The van der Waals surface area contributed by atoms with Crippen molar-refractivity contribution in [2.75, 3.05) is 37.8 Å². The van der Waals surface area contributed by atoms with Crippen LogP contribution < -0.4 is 5.32 Å². The fraction of sp³-hybridized carbons (Fsp3) is 0.846. The van der Waals surface area contributed by atoms with E-state index < -0.39 is 33.5 Å². The van der Waals surface area contributed by atoms with Crippen molar-refractivity contribution in [1.29, 1.82) is 0 Å². The smallest absolute Gasteiger partial charge is 0.311 e. The number of nitrogens with zero attached hydrogens (tertiary/aromatic N) is 1. The van der Waals surface area contributed by atoms with Gasteiger partial charge in [0.2, 0.25) is 0 Å². The summed E-state index contributed by atoms with van der Waals surface area (Å²) in [7, 11) is -3.08. The second kappa shape index (κ2) is 5.78. The van der Waals surface area contributed by atoms with Crippen LogP contribution in [0.15, 0.2) is 0 Å². The standard InChI is InChI=1S/C13H20N2O6S/c16-11(14-10-1-8-22(18,19)9-10)12(17)15-4-2-13(3-5-15)20-6-7-21-13/h10H,1-9H2,(H,14,16). The van der Waals surface area contributed by atoms with Crippen LogP contribution in [0, 0.1) is 0 Å². The first-order chi connectivity index (χ1) is 10.4. The van der Waals surface area contributed by atoms with Gasteiger partial charge in [-0.15, -0.1) is 0 Å². The maximum Gasteiger partial charge on any atom is 0.311 e. The van der Waals surface area contributed by atoms with Crippen molar-refractivity contribution in [3.05, 3.63) is 0 Å². The number of nitrogens with one attached hydrogen (secondary N) is 1. The van der Waals surface area contributed by atoms with Crippen LogP contribution in [0.25, 0.3) is 0 Å². The molecule has 9 heteroatoms. The van der Waals surface area contributed by atoms with E-state index in [0.29, 0.717) is 45.6 Å². The van der Waals surface area contributed by atoms with Gasteiger partial charge in [-0.3, -0.25) is 9.59 Å². The van der Waals surface area contributed by atoms with Gasteiger partial charge in [-0.05, 0) is 6.42 Å². The molecule has 3 rings (SSSR count). The zero-order valence-electron chi connectivity index (χ0n) is 12.2. The molecule has 0 aromatic rings. The zero-order chi connectivity index (χ0) is 15.8. The highest BCUT2D eigenvalue weighted by Crippen LogP contribution is 2.31. The van der Waals surface area contributed by atoms with E-state index >= 15 is 0 Å². The van der Waals surface area contributed by atoms with E-state index in [0.717, 1.165) is 0 Å². The minimum Gasteiger partial charge on any atom is -0.347 e. The average Bonchev–Trinajstić information content (AvgIpc) is 3.06. The summed E-state index contributed by atoms with van der Waals surface area (Å²) in [5.74, 6) is -1.96. The number of carbonyl (C=O) groups is 2. The molecule has 22 heavy (non-hydrogen) atoms. The third-order valence-electron chi connectivity index (χ3n) is 4.39. The van der Waals surface area contributed by atoms with Gasteiger partial charge in [-0.1, -0.05) is 0 Å². The molecule has 0 saturated carbocycles. The summed E-state index contributed by atoms with van der Waals surface area (Å²) in [6.45, 7) is 1.92. The van der Waals surface area contributed by atoms with Gasteiger partial charge in [0, 0.05) is 32.0 Å². The van der Waals surface area contributed by atoms with Crippen molar-refractivity contribution in [3.8, 4) is 0 Å². The van der Waals surface area contributed by atoms with Crippen LogP contribution in [0.5, 0.6) is 0 Å². The molecule has 0 aromatic carbocycles. The Morgan fingerprint density at radius 2 is 1.77 bits per heavy atom. The zero-order valence-corrected chi connectivity index (χ0v) is 13.1. The highest BCUT2D eigenvalue weighted by molar-refractivity contribution is 7.91. The van der Waals surface area contributed by atoms with Gasteiger partial charge in [0.25, 0.3) is 0 Å². The highest BCUT2D eigenvalue weighted by Gasteiger charge is 2.42. The van der Waals surface area contributed by atoms with E-state index in [2.05, 4.69) is 5.32 Å². The van der Waals surface area contributed by atoms with Crippen LogP contribution in [0.1, 0.15) is 19.3 Å². The van der Waals surface area contributed by atoms with Crippen LogP contribution >= 0.6 is 0 Å². The summed E-state index contributed by atoms with van der Waals surface area (Å²) in [5, 5.41) is 2.52. The number of sulfone groups is 1. The molecule has 0 bridgehead atoms. The van der Waals surface area contributed by atoms with Crippen molar-refractivity contribution in [2.24, 2.45) is 0 Å². The number of amides is 2. The molecule has 3 heterocycles. The third-order valence-corrected chi connectivity index (χ3v) is 6.16. The Morgan fingerprint density at radius 3 is 2.32 bits per heavy atom. The highest BCUT2D eigenvalue weighted by atomic mass is 32.2. The van der Waals surface area contributed by atoms with Crippen LogP contribution in [-0.2, 0) is 28.9 Å². The first-order valence-electron chi connectivity index (χ1n) is 7.47. The number of rotatable bonds is 1. The van der Waals surface area contributed by atoms with E-state index in [1.807, 2.05) is 0 Å². The van der Waals surface area contributed by atoms with Gasteiger partial charge >= 0.3 is 11.8 Å². The van der Waals surface area contributed by atoms with Gasteiger partial charge in [0.05, 0.1) is 24.7 Å². The predicted molar refractivity (Wildman–Crippen MR) is 75.7 cm³/mol. The first kappa shape index (κ1) is 15.7. The molecule has 1 spiro atoms. The molecule has 2 amide bonds. The fourth-order valence-corrected chi connectivity index (χ4v) is 4.81. The Balaban J connectivity index is 1.50. The lowest BCUT2D eigenvalue weighted by molar-refractivity contribution is -0.188. The van der Waals surface area contributed by atoms with Crippen molar-refractivity contribution in [2.45, 2.75) is 31.1 Å². The van der Waals surface area contributed by atoms with Gasteiger partial charge in [0.1, 0.15) is 0 Å². The number of carbonyl (C=O) groups excluding carboxylic acids is 2. The molecule has 8 nitrogen and oxygen atoms in total. The van der Waals surface area contributed by atoms with Gasteiger partial charge < -0.3 is 19.7 Å². The molecular weight excluding hydrogens is 312 g/mol. The normalized spacial score (nSPS) is 29.6. The lowest BCUT2D eigenvalue weighted by Crippen LogP contribution is -2.52. The van der Waals surface area contributed by atoms with Gasteiger partial charge in [0.15, 0.2) is 15.6 Å². The molecule has 1 atom stereocenters. The first-order valence-corrected chi connectivity index (χ1v) is 9.29. The number of hydrogen-bond acceptors (Lipinski definition) is 6. The minimum atomic E-state index is -3.08. The van der Waals surface area contributed by atoms with Crippen LogP contribution in [-0.4, -0.2) is 74.8 Å². The molecule has 3 fully saturated rings. The molecular formula is C13H20N2O6S. The molecule has 3 aliphatic rings. The van der Waals surface area contributed by atoms with E-state index in [4.69, 9.17) is 9.47 Å². The van der Waals surface area contributed by atoms with Crippen LogP contribution in [0.3, 0.4) is 0 Å². The Morgan fingerprint density at radius 1 is 1.14 bits per heavy atom. The number of likely N-dealkylation sites (tertiary alicyclic amines) is 1. The quantitative estimate of drug-likeness (QED) is 0.596. The molecule has 0 aliphatic carbocycles. The topological polar surface area (TPSA) is 102 Å². The molecule has 1 N–H and O–H groups in total. The van der Waals surface area contributed by atoms with E-state index in [1.54, 1.807) is 0 Å². The third kappa shape index (κ3) is 3.26. The van der Waals surface area contributed by atoms with Crippen molar-refractivity contribution in [3.63, 3.8) is 0 Å². The maximum absolute atomic E-state index is 12.1. The largest absolute Gasteiger partial charge is 0.347 e. The number of hydrogen-bond donors (Lipinski definition) is 1. The molecule has 3 saturated heterocycles. The second-order valence-electron chi connectivity index (χ2n) is 5.97. The fourth-order valence-electron chi connectivity index (χ4n) is 3.14. The van der Waals surface area contributed by atoms with Gasteiger partial charge in [-0.25, -0.2) is 8.42 Å².